The zero-order valence-electron chi connectivity index (χ0n) is 12.6. The van der Waals surface area contributed by atoms with E-state index in [0.717, 1.165) is 11.1 Å². The van der Waals surface area contributed by atoms with E-state index in [9.17, 15) is 4.79 Å². The fourth-order valence-corrected chi connectivity index (χ4v) is 2.49. The second kappa shape index (κ2) is 6.63. The second-order valence-electron chi connectivity index (χ2n) is 5.04. The molecule has 114 valence electrons. The van der Waals surface area contributed by atoms with Crippen LogP contribution in [0.15, 0.2) is 66.7 Å². The first-order valence-electron chi connectivity index (χ1n) is 7.23. The lowest BCUT2D eigenvalue weighted by atomic mass is 9.98. The van der Waals surface area contributed by atoms with Crippen LogP contribution in [0.4, 0.5) is 5.82 Å². The monoisotopic (exact) mass is 322 g/mol. The molecule has 0 spiro atoms. The SMILES string of the molecule is CNc1ccc(-c2ccc(Cl)cc2)c(C(=O)c2ccccc2)n1. The molecule has 0 bridgehead atoms. The number of nitrogens with zero attached hydrogens (tertiary/aromatic N) is 1. The summed E-state index contributed by atoms with van der Waals surface area (Å²) in [6, 6.07) is 20.3. The average molecular weight is 323 g/mol. The quantitative estimate of drug-likeness (QED) is 0.709. The maximum atomic E-state index is 12.9. The molecule has 4 heteroatoms. The van der Waals surface area contributed by atoms with Crippen LogP contribution in [-0.2, 0) is 0 Å². The molecule has 3 aromatic rings. The number of carbonyl (C=O) groups is 1. The Hall–Kier alpha value is -2.65. The molecule has 3 nitrogen and oxygen atoms in total. The van der Waals surface area contributed by atoms with Crippen molar-refractivity contribution in [2.75, 3.05) is 12.4 Å². The van der Waals surface area contributed by atoms with Crippen LogP contribution in [0.2, 0.25) is 5.02 Å². The van der Waals surface area contributed by atoms with Crippen molar-refractivity contribution < 1.29 is 4.79 Å². The topological polar surface area (TPSA) is 42.0 Å². The first kappa shape index (κ1) is 15.3. The molecule has 23 heavy (non-hydrogen) atoms. The third-order valence-corrected chi connectivity index (χ3v) is 3.81. The fourth-order valence-electron chi connectivity index (χ4n) is 2.36. The molecular formula is C19H15ClN2O. The van der Waals surface area contributed by atoms with E-state index < -0.39 is 0 Å². The molecule has 0 aliphatic carbocycles. The molecule has 1 N–H and O–H groups in total. The Balaban J connectivity index is 2.13. The minimum absolute atomic E-state index is 0.104. The molecule has 1 heterocycles. The Morgan fingerprint density at radius 3 is 2.30 bits per heavy atom. The van der Waals surface area contributed by atoms with E-state index in [1.807, 2.05) is 42.5 Å². The molecule has 3 rings (SSSR count). The highest BCUT2D eigenvalue weighted by Gasteiger charge is 2.17. The van der Waals surface area contributed by atoms with Crippen LogP contribution in [0.5, 0.6) is 0 Å². The van der Waals surface area contributed by atoms with Gasteiger partial charge in [-0.2, -0.15) is 0 Å². The van der Waals surface area contributed by atoms with Crippen LogP contribution >= 0.6 is 11.6 Å². The van der Waals surface area contributed by atoms with Gasteiger partial charge in [0.15, 0.2) is 0 Å². The molecule has 0 atom stereocenters. The van der Waals surface area contributed by atoms with Gasteiger partial charge in [0.05, 0.1) is 0 Å². The molecule has 2 aromatic carbocycles. The molecule has 1 aromatic heterocycles. The molecule has 0 amide bonds. The van der Waals surface area contributed by atoms with Gasteiger partial charge in [-0.1, -0.05) is 54.1 Å². The van der Waals surface area contributed by atoms with Gasteiger partial charge in [-0.25, -0.2) is 4.98 Å². The van der Waals surface area contributed by atoms with Crippen molar-refractivity contribution in [1.82, 2.24) is 4.98 Å². The average Bonchev–Trinajstić information content (AvgIpc) is 2.62. The number of hydrogen-bond donors (Lipinski definition) is 1. The number of anilines is 1. The van der Waals surface area contributed by atoms with Gasteiger partial charge in [-0.15, -0.1) is 0 Å². The standard InChI is InChI=1S/C19H15ClN2O/c1-21-17-12-11-16(13-7-9-15(20)10-8-13)18(22-17)19(23)14-5-3-2-4-6-14/h2-12H,1H3,(H,21,22). The Morgan fingerprint density at radius 2 is 1.65 bits per heavy atom. The number of benzene rings is 2. The predicted molar refractivity (Wildman–Crippen MR) is 94.1 cm³/mol. The molecule has 0 saturated carbocycles. The van der Waals surface area contributed by atoms with Crippen LogP contribution in [0.1, 0.15) is 16.1 Å². The minimum atomic E-state index is -0.104. The molecule has 0 unspecified atom stereocenters. The second-order valence-corrected chi connectivity index (χ2v) is 5.48. The maximum absolute atomic E-state index is 12.9. The molecule has 0 radical (unpaired) electrons. The van der Waals surface area contributed by atoms with Crippen molar-refractivity contribution in [3.8, 4) is 11.1 Å². The van der Waals surface area contributed by atoms with Crippen molar-refractivity contribution in [3.63, 3.8) is 0 Å². The summed E-state index contributed by atoms with van der Waals surface area (Å²) in [4.78, 5) is 17.3. The number of ketones is 1. The molecule has 0 saturated heterocycles. The Kier molecular flexibility index (Phi) is 4.40. The Morgan fingerprint density at radius 1 is 0.957 bits per heavy atom. The maximum Gasteiger partial charge on any atom is 0.212 e. The van der Waals surface area contributed by atoms with Gasteiger partial charge in [-0.3, -0.25) is 4.79 Å². The van der Waals surface area contributed by atoms with Crippen molar-refractivity contribution in [3.05, 3.63) is 83.0 Å². The van der Waals surface area contributed by atoms with E-state index in [1.54, 1.807) is 31.3 Å². The summed E-state index contributed by atoms with van der Waals surface area (Å²) in [7, 11) is 1.78. The lowest BCUT2D eigenvalue weighted by Gasteiger charge is -2.11. The van der Waals surface area contributed by atoms with Gasteiger partial charge in [0.2, 0.25) is 5.78 Å². The van der Waals surface area contributed by atoms with Crippen LogP contribution in [0.3, 0.4) is 0 Å². The number of aromatic nitrogens is 1. The molecule has 0 fully saturated rings. The molecular weight excluding hydrogens is 308 g/mol. The van der Waals surface area contributed by atoms with Gasteiger partial charge >= 0.3 is 0 Å². The Labute approximate surface area is 140 Å². The summed E-state index contributed by atoms with van der Waals surface area (Å²) in [5.74, 6) is 0.551. The van der Waals surface area contributed by atoms with Crippen LogP contribution in [0, 0.1) is 0 Å². The van der Waals surface area contributed by atoms with Crippen molar-refractivity contribution >= 4 is 23.2 Å². The number of nitrogens with one attached hydrogen (secondary N) is 1. The van der Waals surface area contributed by atoms with Crippen molar-refractivity contribution in [1.29, 1.82) is 0 Å². The number of pyridine rings is 1. The summed E-state index contributed by atoms with van der Waals surface area (Å²) in [6.07, 6.45) is 0. The summed E-state index contributed by atoms with van der Waals surface area (Å²) in [5, 5.41) is 3.63. The molecule has 0 aliphatic rings. The van der Waals surface area contributed by atoms with E-state index in [2.05, 4.69) is 10.3 Å². The van der Waals surface area contributed by atoms with E-state index in [4.69, 9.17) is 11.6 Å². The van der Waals surface area contributed by atoms with Gasteiger partial charge in [-0.05, 0) is 29.8 Å². The highest BCUT2D eigenvalue weighted by atomic mass is 35.5. The zero-order valence-corrected chi connectivity index (χ0v) is 13.3. The van der Waals surface area contributed by atoms with Crippen LogP contribution < -0.4 is 5.32 Å². The number of halogens is 1. The lowest BCUT2D eigenvalue weighted by Crippen LogP contribution is -2.08. The number of carbonyl (C=O) groups excluding carboxylic acids is 1. The van der Waals surface area contributed by atoms with Gasteiger partial charge in [0, 0.05) is 23.2 Å². The molecule has 0 aliphatic heterocycles. The van der Waals surface area contributed by atoms with E-state index in [-0.39, 0.29) is 5.78 Å². The summed E-state index contributed by atoms with van der Waals surface area (Å²) >= 11 is 5.95. The van der Waals surface area contributed by atoms with Gasteiger partial charge in [0.1, 0.15) is 11.5 Å². The zero-order chi connectivity index (χ0) is 16.2. The highest BCUT2D eigenvalue weighted by molar-refractivity contribution is 6.30. The summed E-state index contributed by atoms with van der Waals surface area (Å²) in [5.41, 5.74) is 2.73. The minimum Gasteiger partial charge on any atom is -0.373 e. The lowest BCUT2D eigenvalue weighted by molar-refractivity contribution is 0.103. The van der Waals surface area contributed by atoms with Crippen LogP contribution in [0.25, 0.3) is 11.1 Å². The van der Waals surface area contributed by atoms with Crippen molar-refractivity contribution in [2.24, 2.45) is 0 Å². The van der Waals surface area contributed by atoms with Crippen LogP contribution in [-0.4, -0.2) is 17.8 Å². The first-order chi connectivity index (χ1) is 11.2. The number of rotatable bonds is 4. The third kappa shape index (κ3) is 3.25. The number of hydrogen-bond acceptors (Lipinski definition) is 3. The smallest absolute Gasteiger partial charge is 0.212 e. The summed E-state index contributed by atoms with van der Waals surface area (Å²) < 4.78 is 0. The van der Waals surface area contributed by atoms with Gasteiger partial charge in [0.25, 0.3) is 0 Å². The fraction of sp³-hybridized carbons (Fsp3) is 0.0526. The van der Waals surface area contributed by atoms with E-state index in [0.29, 0.717) is 22.1 Å². The highest BCUT2D eigenvalue weighted by Crippen LogP contribution is 2.27. The van der Waals surface area contributed by atoms with E-state index >= 15 is 0 Å². The first-order valence-corrected chi connectivity index (χ1v) is 7.61. The largest absolute Gasteiger partial charge is 0.373 e. The van der Waals surface area contributed by atoms with E-state index in [1.165, 1.54) is 0 Å². The Bertz CT molecular complexity index is 830. The third-order valence-electron chi connectivity index (χ3n) is 3.56. The predicted octanol–water partition coefficient (Wildman–Crippen LogP) is 4.67. The normalized spacial score (nSPS) is 10.3. The van der Waals surface area contributed by atoms with Gasteiger partial charge < -0.3 is 5.32 Å². The van der Waals surface area contributed by atoms with Crippen molar-refractivity contribution in [2.45, 2.75) is 0 Å². The summed E-state index contributed by atoms with van der Waals surface area (Å²) in [6.45, 7) is 0.